The van der Waals surface area contributed by atoms with Crippen LogP contribution in [0.2, 0.25) is 5.02 Å². The predicted octanol–water partition coefficient (Wildman–Crippen LogP) is 5.33. The second kappa shape index (κ2) is 8.75. The van der Waals surface area contributed by atoms with Crippen molar-refractivity contribution in [3.63, 3.8) is 0 Å². The Morgan fingerprint density at radius 3 is 2.74 bits per heavy atom. The molecule has 0 bridgehead atoms. The van der Waals surface area contributed by atoms with Gasteiger partial charge in [-0.2, -0.15) is 0 Å². The standard InChI is InChI=1S/C23H19ClN4O2S/c1-13-9-19-20(12-18(13)24)27-21(26-19)14-5-3-7-16(10-14)25-23(31)28-22(29)15-6-4-8-17(11-15)30-2/h3-12H,1-2H3,(H,26,27)(H2,25,28,29,31). The Morgan fingerprint density at radius 1 is 1.13 bits per heavy atom. The third-order valence-corrected chi connectivity index (χ3v) is 5.33. The zero-order chi connectivity index (χ0) is 22.0. The molecular formula is C23H19ClN4O2S. The average Bonchev–Trinajstić information content (AvgIpc) is 3.17. The molecule has 4 aromatic rings. The minimum Gasteiger partial charge on any atom is -0.497 e. The van der Waals surface area contributed by atoms with Gasteiger partial charge in [0.25, 0.3) is 5.91 Å². The number of aromatic nitrogens is 2. The highest BCUT2D eigenvalue weighted by atomic mass is 35.5. The summed E-state index contributed by atoms with van der Waals surface area (Å²) < 4.78 is 5.15. The van der Waals surface area contributed by atoms with Gasteiger partial charge in [0.1, 0.15) is 11.6 Å². The van der Waals surface area contributed by atoms with E-state index < -0.39 is 0 Å². The van der Waals surface area contributed by atoms with E-state index in [0.717, 1.165) is 27.8 Å². The molecule has 1 heterocycles. The molecule has 0 aliphatic carbocycles. The summed E-state index contributed by atoms with van der Waals surface area (Å²) in [6.45, 7) is 1.95. The van der Waals surface area contributed by atoms with E-state index in [2.05, 4.69) is 20.6 Å². The number of amides is 1. The van der Waals surface area contributed by atoms with E-state index in [1.807, 2.05) is 43.3 Å². The maximum absolute atomic E-state index is 12.4. The van der Waals surface area contributed by atoms with Gasteiger partial charge in [-0.3, -0.25) is 10.1 Å². The van der Waals surface area contributed by atoms with Crippen molar-refractivity contribution in [2.24, 2.45) is 0 Å². The number of carbonyl (C=O) groups is 1. The Hall–Kier alpha value is -3.42. The Bertz CT molecular complexity index is 1260. The summed E-state index contributed by atoms with van der Waals surface area (Å²) in [4.78, 5) is 20.4. The molecule has 0 radical (unpaired) electrons. The second-order valence-electron chi connectivity index (χ2n) is 6.92. The van der Waals surface area contributed by atoms with Crippen LogP contribution in [-0.2, 0) is 0 Å². The monoisotopic (exact) mass is 450 g/mol. The number of imidazole rings is 1. The highest BCUT2D eigenvalue weighted by Gasteiger charge is 2.11. The number of hydrogen-bond donors (Lipinski definition) is 3. The Balaban J connectivity index is 1.49. The maximum atomic E-state index is 12.4. The Morgan fingerprint density at radius 2 is 1.94 bits per heavy atom. The molecule has 156 valence electrons. The smallest absolute Gasteiger partial charge is 0.257 e. The van der Waals surface area contributed by atoms with Crippen LogP contribution in [0.4, 0.5) is 5.69 Å². The number of hydrogen-bond acceptors (Lipinski definition) is 4. The molecule has 0 saturated carbocycles. The Labute approximate surface area is 189 Å². The topological polar surface area (TPSA) is 79.0 Å². The van der Waals surface area contributed by atoms with Crippen molar-refractivity contribution in [1.82, 2.24) is 15.3 Å². The van der Waals surface area contributed by atoms with E-state index in [1.165, 1.54) is 0 Å². The first-order chi connectivity index (χ1) is 14.9. The molecule has 1 amide bonds. The number of carbonyl (C=O) groups excluding carboxylic acids is 1. The highest BCUT2D eigenvalue weighted by molar-refractivity contribution is 7.80. The number of ether oxygens (including phenoxy) is 1. The van der Waals surface area contributed by atoms with E-state index in [9.17, 15) is 4.79 Å². The fourth-order valence-electron chi connectivity index (χ4n) is 3.12. The zero-order valence-electron chi connectivity index (χ0n) is 16.8. The van der Waals surface area contributed by atoms with Crippen molar-refractivity contribution in [1.29, 1.82) is 0 Å². The molecule has 0 aliphatic rings. The molecule has 3 N–H and O–H groups in total. The molecule has 3 aromatic carbocycles. The van der Waals surface area contributed by atoms with Gasteiger partial charge in [-0.05, 0) is 67.2 Å². The van der Waals surface area contributed by atoms with Crippen molar-refractivity contribution in [3.05, 3.63) is 76.8 Å². The zero-order valence-corrected chi connectivity index (χ0v) is 18.4. The Kier molecular flexibility index (Phi) is 5.88. The number of H-pyrrole nitrogens is 1. The molecule has 4 rings (SSSR count). The normalized spacial score (nSPS) is 10.7. The molecule has 8 heteroatoms. The van der Waals surface area contributed by atoms with E-state index in [0.29, 0.717) is 22.2 Å². The third kappa shape index (κ3) is 4.68. The van der Waals surface area contributed by atoms with Crippen LogP contribution in [0.5, 0.6) is 5.75 Å². The summed E-state index contributed by atoms with van der Waals surface area (Å²) in [6, 6.07) is 18.3. The molecule has 0 unspecified atom stereocenters. The van der Waals surface area contributed by atoms with Crippen LogP contribution in [0.15, 0.2) is 60.7 Å². The molecule has 1 aromatic heterocycles. The quantitative estimate of drug-likeness (QED) is 0.366. The van der Waals surface area contributed by atoms with Gasteiger partial charge >= 0.3 is 0 Å². The minimum absolute atomic E-state index is 0.192. The van der Waals surface area contributed by atoms with Gasteiger partial charge in [-0.1, -0.05) is 29.8 Å². The van der Waals surface area contributed by atoms with Crippen molar-refractivity contribution < 1.29 is 9.53 Å². The van der Waals surface area contributed by atoms with Gasteiger partial charge in [-0.15, -0.1) is 0 Å². The molecule has 31 heavy (non-hydrogen) atoms. The lowest BCUT2D eigenvalue weighted by Crippen LogP contribution is -2.34. The van der Waals surface area contributed by atoms with Crippen molar-refractivity contribution in [2.45, 2.75) is 6.92 Å². The van der Waals surface area contributed by atoms with Gasteiger partial charge in [0.05, 0.1) is 18.1 Å². The van der Waals surface area contributed by atoms with E-state index in [4.69, 9.17) is 28.6 Å². The second-order valence-corrected chi connectivity index (χ2v) is 7.74. The third-order valence-electron chi connectivity index (χ3n) is 4.72. The number of anilines is 1. The largest absolute Gasteiger partial charge is 0.497 e. The maximum Gasteiger partial charge on any atom is 0.257 e. The lowest BCUT2D eigenvalue weighted by molar-refractivity contribution is 0.0977. The molecular weight excluding hydrogens is 432 g/mol. The predicted molar refractivity (Wildman–Crippen MR) is 128 cm³/mol. The van der Waals surface area contributed by atoms with Crippen LogP contribution in [-0.4, -0.2) is 28.1 Å². The van der Waals surface area contributed by atoms with E-state index in [1.54, 1.807) is 31.4 Å². The number of rotatable bonds is 4. The number of nitrogens with one attached hydrogen (secondary N) is 3. The lowest BCUT2D eigenvalue weighted by Gasteiger charge is -2.11. The van der Waals surface area contributed by atoms with E-state index in [-0.39, 0.29) is 11.0 Å². The lowest BCUT2D eigenvalue weighted by atomic mass is 10.2. The number of benzene rings is 3. The van der Waals surface area contributed by atoms with Crippen LogP contribution >= 0.6 is 23.8 Å². The van der Waals surface area contributed by atoms with Crippen LogP contribution in [0.25, 0.3) is 22.4 Å². The number of nitrogens with zero attached hydrogens (tertiary/aromatic N) is 1. The van der Waals surface area contributed by atoms with Crippen LogP contribution in [0.3, 0.4) is 0 Å². The number of aromatic amines is 1. The summed E-state index contributed by atoms with van der Waals surface area (Å²) in [7, 11) is 1.55. The van der Waals surface area contributed by atoms with E-state index >= 15 is 0 Å². The first-order valence-corrected chi connectivity index (χ1v) is 10.2. The SMILES string of the molecule is COc1cccc(C(=O)NC(=S)Nc2cccc(-c3nc4cc(Cl)c(C)cc4[nH]3)c2)c1. The van der Waals surface area contributed by atoms with Gasteiger partial charge in [0.15, 0.2) is 5.11 Å². The first-order valence-electron chi connectivity index (χ1n) is 9.45. The van der Waals surface area contributed by atoms with Gasteiger partial charge in [-0.25, -0.2) is 4.98 Å². The van der Waals surface area contributed by atoms with Gasteiger partial charge < -0.3 is 15.0 Å². The summed E-state index contributed by atoms with van der Waals surface area (Å²) in [6.07, 6.45) is 0. The van der Waals surface area contributed by atoms with Crippen LogP contribution in [0, 0.1) is 6.92 Å². The fourth-order valence-corrected chi connectivity index (χ4v) is 3.49. The molecule has 0 saturated heterocycles. The summed E-state index contributed by atoms with van der Waals surface area (Å²) in [5, 5.41) is 6.59. The molecule has 6 nitrogen and oxygen atoms in total. The number of fused-ring (bicyclic) bond motifs is 1. The fraction of sp³-hybridized carbons (Fsp3) is 0.0870. The molecule has 0 aliphatic heterocycles. The minimum atomic E-state index is -0.322. The number of thiocarbonyl (C=S) groups is 1. The first kappa shape index (κ1) is 20.8. The number of aryl methyl sites for hydroxylation is 1. The molecule has 0 spiro atoms. The molecule has 0 atom stereocenters. The summed E-state index contributed by atoms with van der Waals surface area (Å²) in [5.74, 6) is 0.991. The van der Waals surface area contributed by atoms with Crippen molar-refractivity contribution >= 4 is 51.6 Å². The summed E-state index contributed by atoms with van der Waals surface area (Å²) >= 11 is 11.5. The van der Waals surface area contributed by atoms with Crippen LogP contribution in [0.1, 0.15) is 15.9 Å². The van der Waals surface area contributed by atoms with Crippen LogP contribution < -0.4 is 15.4 Å². The molecule has 0 fully saturated rings. The van der Waals surface area contributed by atoms with Crippen molar-refractivity contribution in [3.8, 4) is 17.1 Å². The van der Waals surface area contributed by atoms with Crippen molar-refractivity contribution in [2.75, 3.05) is 12.4 Å². The number of methoxy groups -OCH3 is 1. The highest BCUT2D eigenvalue weighted by Crippen LogP contribution is 2.26. The van der Waals surface area contributed by atoms with Gasteiger partial charge in [0, 0.05) is 21.8 Å². The average molecular weight is 451 g/mol. The summed E-state index contributed by atoms with van der Waals surface area (Å²) in [5.41, 5.74) is 4.74. The van der Waals surface area contributed by atoms with Gasteiger partial charge in [0.2, 0.25) is 0 Å². The number of halogens is 1.